The molecule has 0 bridgehead atoms. The molecule has 0 spiro atoms. The Bertz CT molecular complexity index is 1290. The van der Waals surface area contributed by atoms with E-state index in [2.05, 4.69) is 63.0 Å². The van der Waals surface area contributed by atoms with Crippen LogP contribution in [0.25, 0.3) is 10.9 Å². The van der Waals surface area contributed by atoms with Crippen molar-refractivity contribution in [1.82, 2.24) is 9.88 Å². The number of hydrogen-bond donors (Lipinski definition) is 1. The summed E-state index contributed by atoms with van der Waals surface area (Å²) < 4.78 is 5.56. The first-order chi connectivity index (χ1) is 16.6. The Kier molecular flexibility index (Phi) is 5.18. The van der Waals surface area contributed by atoms with Crippen molar-refractivity contribution in [3.63, 3.8) is 0 Å². The molecule has 34 heavy (non-hydrogen) atoms. The molecule has 0 unspecified atom stereocenters. The van der Waals surface area contributed by atoms with Crippen LogP contribution in [0.1, 0.15) is 29.7 Å². The Morgan fingerprint density at radius 1 is 1.09 bits per heavy atom. The van der Waals surface area contributed by atoms with Gasteiger partial charge in [-0.3, -0.25) is 9.88 Å². The molecule has 3 aliphatic heterocycles. The van der Waals surface area contributed by atoms with Gasteiger partial charge in [-0.2, -0.15) is 5.26 Å². The number of aromatic nitrogens is 1. The highest BCUT2D eigenvalue weighted by atomic mass is 16.5. The maximum atomic E-state index is 9.53. The van der Waals surface area contributed by atoms with Crippen molar-refractivity contribution in [3.05, 3.63) is 65.4 Å². The van der Waals surface area contributed by atoms with Crippen molar-refractivity contribution in [2.24, 2.45) is 5.73 Å². The monoisotopic (exact) mass is 454 g/mol. The number of fused-ring (bicyclic) bond motifs is 4. The number of piperazine rings is 1. The standard InChI is InChI=1S/C27H30N6O/c1-17-12-32(24-8-5-18(11-28)27-22(24)4-3-9-30-27)15-25-21-7-6-20(10-19(21)13-33(17)25)31-14-23(29)26(16-31)34-2/h3-10,17,23,25-26H,12-16,29H2,1-2H3/t17-,23-,25-,26-/m1/s1. The topological polar surface area (TPSA) is 81.7 Å². The van der Waals surface area contributed by atoms with Crippen molar-refractivity contribution < 1.29 is 4.74 Å². The first-order valence-electron chi connectivity index (χ1n) is 12.0. The van der Waals surface area contributed by atoms with Gasteiger partial charge >= 0.3 is 0 Å². The van der Waals surface area contributed by atoms with Crippen LogP contribution in [0.3, 0.4) is 0 Å². The zero-order valence-corrected chi connectivity index (χ0v) is 19.7. The van der Waals surface area contributed by atoms with Crippen LogP contribution in [0.5, 0.6) is 0 Å². The fraction of sp³-hybridized carbons (Fsp3) is 0.407. The average molecular weight is 455 g/mol. The molecular weight excluding hydrogens is 424 g/mol. The van der Waals surface area contributed by atoms with E-state index < -0.39 is 0 Å². The number of nitrogens with two attached hydrogens (primary N) is 1. The first-order valence-corrected chi connectivity index (χ1v) is 12.0. The van der Waals surface area contributed by atoms with Gasteiger partial charge in [0, 0.05) is 68.8 Å². The largest absolute Gasteiger partial charge is 0.378 e. The average Bonchev–Trinajstić information content (AvgIpc) is 3.43. The van der Waals surface area contributed by atoms with Crippen molar-refractivity contribution in [1.29, 1.82) is 5.26 Å². The minimum absolute atomic E-state index is 0.0508. The lowest BCUT2D eigenvalue weighted by Gasteiger charge is -2.43. The molecule has 7 heteroatoms. The maximum Gasteiger partial charge on any atom is 0.101 e. The van der Waals surface area contributed by atoms with Crippen molar-refractivity contribution in [3.8, 4) is 6.07 Å². The van der Waals surface area contributed by atoms with Crippen molar-refractivity contribution >= 4 is 22.3 Å². The predicted octanol–water partition coefficient (Wildman–Crippen LogP) is 3.03. The summed E-state index contributed by atoms with van der Waals surface area (Å²) in [5.41, 5.74) is 12.9. The zero-order valence-electron chi connectivity index (χ0n) is 19.7. The Labute approximate surface area is 200 Å². The normalized spacial score (nSPS) is 26.5. The summed E-state index contributed by atoms with van der Waals surface area (Å²) in [6.45, 7) is 6.84. The minimum Gasteiger partial charge on any atom is -0.378 e. The van der Waals surface area contributed by atoms with Gasteiger partial charge < -0.3 is 20.3 Å². The molecule has 1 aromatic heterocycles. The number of anilines is 2. The third kappa shape index (κ3) is 3.33. The number of hydrogen-bond acceptors (Lipinski definition) is 7. The Hall–Kier alpha value is -3.18. The zero-order chi connectivity index (χ0) is 23.4. The lowest BCUT2D eigenvalue weighted by Crippen LogP contribution is -2.51. The molecular formula is C27H30N6O. The Balaban J connectivity index is 1.31. The molecule has 3 aliphatic rings. The van der Waals surface area contributed by atoms with Crippen LogP contribution in [-0.2, 0) is 11.3 Å². The Morgan fingerprint density at radius 2 is 1.97 bits per heavy atom. The van der Waals surface area contributed by atoms with Crippen LogP contribution in [0.4, 0.5) is 11.4 Å². The summed E-state index contributed by atoms with van der Waals surface area (Å²) in [6, 6.07) is 18.1. The number of nitrogens with zero attached hydrogens (tertiary/aromatic N) is 5. The molecule has 0 aliphatic carbocycles. The maximum absolute atomic E-state index is 9.53. The van der Waals surface area contributed by atoms with Crippen LogP contribution in [0.15, 0.2) is 48.7 Å². The molecule has 2 fully saturated rings. The summed E-state index contributed by atoms with van der Waals surface area (Å²) in [4.78, 5) is 12.0. The summed E-state index contributed by atoms with van der Waals surface area (Å²) in [5, 5.41) is 10.6. The van der Waals surface area contributed by atoms with Gasteiger partial charge in [-0.25, -0.2) is 0 Å². The molecule has 2 saturated heterocycles. The number of benzene rings is 2. The van der Waals surface area contributed by atoms with E-state index in [0.29, 0.717) is 17.6 Å². The molecule has 4 atom stereocenters. The third-order valence-corrected chi connectivity index (χ3v) is 7.87. The molecule has 0 amide bonds. The number of nitriles is 1. The third-order valence-electron chi connectivity index (χ3n) is 7.87. The van der Waals surface area contributed by atoms with Gasteiger partial charge in [0.1, 0.15) is 6.07 Å². The number of rotatable bonds is 3. The second kappa shape index (κ2) is 8.24. The second-order valence-electron chi connectivity index (χ2n) is 9.81. The smallest absolute Gasteiger partial charge is 0.101 e. The quantitative estimate of drug-likeness (QED) is 0.651. The first kappa shape index (κ1) is 21.4. The van der Waals surface area contributed by atoms with Gasteiger partial charge in [-0.15, -0.1) is 0 Å². The summed E-state index contributed by atoms with van der Waals surface area (Å²) in [7, 11) is 1.75. The highest BCUT2D eigenvalue weighted by molar-refractivity contribution is 5.95. The number of methoxy groups -OCH3 is 1. The fourth-order valence-electron chi connectivity index (χ4n) is 6.09. The van der Waals surface area contributed by atoms with E-state index >= 15 is 0 Å². The predicted molar refractivity (Wildman–Crippen MR) is 134 cm³/mol. The molecule has 7 nitrogen and oxygen atoms in total. The lowest BCUT2D eigenvalue weighted by molar-refractivity contribution is 0.108. The minimum atomic E-state index is 0.0508. The molecule has 3 aromatic rings. The van der Waals surface area contributed by atoms with E-state index in [1.165, 1.54) is 16.8 Å². The van der Waals surface area contributed by atoms with E-state index in [9.17, 15) is 5.26 Å². The summed E-state index contributed by atoms with van der Waals surface area (Å²) >= 11 is 0. The molecule has 4 heterocycles. The van der Waals surface area contributed by atoms with Crippen LogP contribution < -0.4 is 15.5 Å². The Morgan fingerprint density at radius 3 is 2.76 bits per heavy atom. The van der Waals surface area contributed by atoms with E-state index in [4.69, 9.17) is 10.5 Å². The SMILES string of the molecule is CO[C@@H]1CN(c2ccc3c(c2)CN2[C@H](C)CN(c4ccc(C#N)c5ncccc45)C[C@H]32)C[C@H]1N. The van der Waals surface area contributed by atoms with Gasteiger partial charge in [0.2, 0.25) is 0 Å². The highest BCUT2D eigenvalue weighted by Crippen LogP contribution is 2.42. The summed E-state index contributed by atoms with van der Waals surface area (Å²) in [5.74, 6) is 0. The number of pyridine rings is 1. The van der Waals surface area contributed by atoms with Gasteiger partial charge in [-0.1, -0.05) is 6.07 Å². The van der Waals surface area contributed by atoms with Crippen molar-refractivity contribution in [2.45, 2.75) is 37.7 Å². The van der Waals surface area contributed by atoms with Crippen LogP contribution >= 0.6 is 0 Å². The van der Waals surface area contributed by atoms with E-state index in [0.717, 1.165) is 49.3 Å². The van der Waals surface area contributed by atoms with Crippen LogP contribution in [0.2, 0.25) is 0 Å². The molecule has 174 valence electrons. The van der Waals surface area contributed by atoms with Gasteiger partial charge in [0.15, 0.2) is 0 Å². The molecule has 6 rings (SSSR count). The molecule has 0 saturated carbocycles. The molecule has 0 radical (unpaired) electrons. The highest BCUT2D eigenvalue weighted by Gasteiger charge is 2.40. The van der Waals surface area contributed by atoms with Crippen LogP contribution in [0, 0.1) is 11.3 Å². The summed E-state index contributed by atoms with van der Waals surface area (Å²) in [6.07, 6.45) is 1.85. The number of ether oxygens (including phenoxy) is 1. The van der Waals surface area contributed by atoms with Crippen molar-refractivity contribution in [2.75, 3.05) is 43.1 Å². The molecule has 2 N–H and O–H groups in total. The second-order valence-corrected chi connectivity index (χ2v) is 9.81. The van der Waals surface area contributed by atoms with E-state index in [-0.39, 0.29) is 12.1 Å². The van der Waals surface area contributed by atoms with E-state index in [1.807, 2.05) is 12.1 Å². The van der Waals surface area contributed by atoms with Gasteiger partial charge in [-0.05, 0) is 54.4 Å². The fourth-order valence-corrected chi connectivity index (χ4v) is 6.09. The molecule has 2 aromatic carbocycles. The lowest BCUT2D eigenvalue weighted by atomic mass is 9.99. The van der Waals surface area contributed by atoms with Gasteiger partial charge in [0.25, 0.3) is 0 Å². The van der Waals surface area contributed by atoms with Gasteiger partial charge in [0.05, 0.1) is 29.3 Å². The van der Waals surface area contributed by atoms with E-state index in [1.54, 1.807) is 13.3 Å². The van der Waals surface area contributed by atoms with Crippen LogP contribution in [-0.4, -0.2) is 61.4 Å².